The minimum atomic E-state index is -0.678. The van der Waals surface area contributed by atoms with Crippen LogP contribution in [0.1, 0.15) is 32.6 Å². The van der Waals surface area contributed by atoms with Crippen LogP contribution in [0, 0.1) is 6.92 Å². The Hall–Kier alpha value is -2.67. The highest BCUT2D eigenvalue weighted by Crippen LogP contribution is 2.22. The van der Waals surface area contributed by atoms with Gasteiger partial charge in [-0.05, 0) is 30.5 Å². The van der Waals surface area contributed by atoms with E-state index < -0.39 is 24.5 Å². The van der Waals surface area contributed by atoms with Crippen molar-refractivity contribution in [3.63, 3.8) is 0 Å². The van der Waals surface area contributed by atoms with E-state index >= 15 is 0 Å². The van der Waals surface area contributed by atoms with Crippen LogP contribution in [-0.2, 0) is 22.5 Å². The summed E-state index contributed by atoms with van der Waals surface area (Å²) in [4.78, 5) is 36.8. The van der Waals surface area contributed by atoms with E-state index in [2.05, 4.69) is 10.6 Å². The molecule has 25 heavy (non-hydrogen) atoms. The second-order valence-electron chi connectivity index (χ2n) is 5.36. The number of imide groups is 1. The van der Waals surface area contributed by atoms with Crippen molar-refractivity contribution in [2.45, 2.75) is 26.8 Å². The maximum Gasteiger partial charge on any atom is 0.348 e. The summed E-state index contributed by atoms with van der Waals surface area (Å²) in [5, 5.41) is 4.68. The van der Waals surface area contributed by atoms with E-state index in [4.69, 9.17) is 4.74 Å². The number of rotatable bonds is 6. The highest BCUT2D eigenvalue weighted by atomic mass is 32.1. The largest absolute Gasteiger partial charge is 0.451 e. The second kappa shape index (κ2) is 8.98. The molecule has 7 heteroatoms. The van der Waals surface area contributed by atoms with Gasteiger partial charge in [-0.25, -0.2) is 9.59 Å². The number of esters is 1. The van der Waals surface area contributed by atoms with Crippen LogP contribution in [0.5, 0.6) is 0 Å². The number of benzene rings is 1. The van der Waals surface area contributed by atoms with Gasteiger partial charge in [0.2, 0.25) is 0 Å². The second-order valence-corrected chi connectivity index (χ2v) is 6.50. The lowest BCUT2D eigenvalue weighted by molar-refractivity contribution is -0.123. The molecule has 0 saturated heterocycles. The van der Waals surface area contributed by atoms with Gasteiger partial charge in [0.25, 0.3) is 5.91 Å². The van der Waals surface area contributed by atoms with Crippen LogP contribution in [0.15, 0.2) is 36.4 Å². The van der Waals surface area contributed by atoms with Gasteiger partial charge in [0.15, 0.2) is 6.61 Å². The minimum Gasteiger partial charge on any atom is -0.451 e. The predicted molar refractivity (Wildman–Crippen MR) is 95.5 cm³/mol. The normalized spacial score (nSPS) is 10.2. The Morgan fingerprint density at radius 1 is 1.16 bits per heavy atom. The van der Waals surface area contributed by atoms with E-state index in [1.54, 1.807) is 6.07 Å². The monoisotopic (exact) mass is 360 g/mol. The number of nitrogens with one attached hydrogen (secondary N) is 2. The molecule has 3 amide bonds. The zero-order valence-corrected chi connectivity index (χ0v) is 14.9. The SMILES string of the molecule is CCc1sc(C(=O)OCC(=O)NC(=O)NCc2ccccc2)cc1C. The van der Waals surface area contributed by atoms with Crippen molar-refractivity contribution in [2.75, 3.05) is 6.61 Å². The number of carbonyl (C=O) groups excluding carboxylic acids is 3. The molecule has 0 spiro atoms. The van der Waals surface area contributed by atoms with E-state index in [1.165, 1.54) is 11.3 Å². The number of aryl methyl sites for hydroxylation is 2. The molecule has 132 valence electrons. The Kier molecular flexibility index (Phi) is 6.71. The molecule has 0 fully saturated rings. The average Bonchev–Trinajstić information content (AvgIpc) is 2.99. The molecule has 6 nitrogen and oxygen atoms in total. The van der Waals surface area contributed by atoms with Gasteiger partial charge in [0.05, 0.1) is 0 Å². The van der Waals surface area contributed by atoms with Gasteiger partial charge in [0, 0.05) is 11.4 Å². The maximum absolute atomic E-state index is 11.9. The highest BCUT2D eigenvalue weighted by Gasteiger charge is 2.15. The summed E-state index contributed by atoms with van der Waals surface area (Å²) >= 11 is 1.35. The van der Waals surface area contributed by atoms with Crippen LogP contribution in [0.25, 0.3) is 0 Å². The Labute approximate surface area is 150 Å². The number of urea groups is 1. The zero-order chi connectivity index (χ0) is 18.2. The Bertz CT molecular complexity index is 756. The summed E-state index contributed by atoms with van der Waals surface area (Å²) in [6.07, 6.45) is 0.839. The molecule has 0 aliphatic carbocycles. The van der Waals surface area contributed by atoms with Crippen LogP contribution >= 0.6 is 11.3 Å². The molecule has 0 unspecified atom stereocenters. The molecule has 0 aliphatic heterocycles. The first-order chi connectivity index (χ1) is 12.0. The van der Waals surface area contributed by atoms with E-state index in [0.29, 0.717) is 11.4 Å². The number of hydrogen-bond donors (Lipinski definition) is 2. The van der Waals surface area contributed by atoms with Gasteiger partial charge in [-0.1, -0.05) is 37.3 Å². The third kappa shape index (κ3) is 5.72. The lowest BCUT2D eigenvalue weighted by Crippen LogP contribution is -2.41. The molecule has 2 rings (SSSR count). The number of thiophene rings is 1. The minimum absolute atomic E-state index is 0.300. The summed E-state index contributed by atoms with van der Waals surface area (Å²) in [6.45, 7) is 3.73. The lowest BCUT2D eigenvalue weighted by Gasteiger charge is -2.07. The summed E-state index contributed by atoms with van der Waals surface area (Å²) in [6, 6.07) is 10.4. The topological polar surface area (TPSA) is 84.5 Å². The Morgan fingerprint density at radius 3 is 2.52 bits per heavy atom. The van der Waals surface area contributed by atoms with Crippen LogP contribution in [0.4, 0.5) is 4.79 Å². The van der Waals surface area contributed by atoms with E-state index in [1.807, 2.05) is 44.2 Å². The Balaban J connectivity index is 1.74. The molecule has 0 bridgehead atoms. The maximum atomic E-state index is 11.9. The molecular formula is C18H20N2O4S. The summed E-state index contributed by atoms with van der Waals surface area (Å²) in [5.41, 5.74) is 1.94. The average molecular weight is 360 g/mol. The smallest absolute Gasteiger partial charge is 0.348 e. The molecule has 0 aliphatic rings. The predicted octanol–water partition coefficient (Wildman–Crippen LogP) is 2.80. The van der Waals surface area contributed by atoms with Crippen molar-refractivity contribution < 1.29 is 19.1 Å². The van der Waals surface area contributed by atoms with Gasteiger partial charge in [-0.3, -0.25) is 10.1 Å². The lowest BCUT2D eigenvalue weighted by atomic mass is 10.2. The summed E-state index contributed by atoms with van der Waals surface area (Å²) in [7, 11) is 0. The van der Waals surface area contributed by atoms with Gasteiger partial charge >= 0.3 is 12.0 Å². The molecule has 0 atom stereocenters. The first-order valence-corrected chi connectivity index (χ1v) is 8.69. The third-order valence-electron chi connectivity index (χ3n) is 3.43. The summed E-state index contributed by atoms with van der Waals surface area (Å²) in [5.74, 6) is -1.24. The van der Waals surface area contributed by atoms with Crippen molar-refractivity contribution in [1.82, 2.24) is 10.6 Å². The molecule has 0 radical (unpaired) electrons. The fourth-order valence-electron chi connectivity index (χ4n) is 2.16. The van der Waals surface area contributed by atoms with Crippen molar-refractivity contribution in [3.05, 3.63) is 57.3 Å². The van der Waals surface area contributed by atoms with Crippen molar-refractivity contribution in [2.24, 2.45) is 0 Å². The third-order valence-corrected chi connectivity index (χ3v) is 4.79. The highest BCUT2D eigenvalue weighted by molar-refractivity contribution is 7.14. The van der Waals surface area contributed by atoms with Crippen molar-refractivity contribution >= 4 is 29.2 Å². The number of amides is 3. The van der Waals surface area contributed by atoms with Gasteiger partial charge in [-0.15, -0.1) is 11.3 Å². The van der Waals surface area contributed by atoms with Crippen LogP contribution in [-0.4, -0.2) is 24.5 Å². The van der Waals surface area contributed by atoms with E-state index in [0.717, 1.165) is 22.4 Å². The fourth-order valence-corrected chi connectivity index (χ4v) is 3.17. The van der Waals surface area contributed by atoms with Crippen molar-refractivity contribution in [3.8, 4) is 0 Å². The quantitative estimate of drug-likeness (QED) is 0.776. The first-order valence-electron chi connectivity index (χ1n) is 7.87. The van der Waals surface area contributed by atoms with E-state index in [-0.39, 0.29) is 0 Å². The van der Waals surface area contributed by atoms with E-state index in [9.17, 15) is 14.4 Å². The van der Waals surface area contributed by atoms with Crippen molar-refractivity contribution in [1.29, 1.82) is 0 Å². The molecule has 0 saturated carbocycles. The number of ether oxygens (including phenoxy) is 1. The fraction of sp³-hybridized carbons (Fsp3) is 0.278. The van der Waals surface area contributed by atoms with Gasteiger partial charge < -0.3 is 10.1 Å². The number of carbonyl (C=O) groups is 3. The molecule has 2 aromatic rings. The first kappa shape index (κ1) is 18.7. The molecule has 1 aromatic carbocycles. The van der Waals surface area contributed by atoms with Gasteiger partial charge in [-0.2, -0.15) is 0 Å². The molecule has 1 heterocycles. The molecule has 2 N–H and O–H groups in total. The number of hydrogen-bond acceptors (Lipinski definition) is 5. The summed E-state index contributed by atoms with van der Waals surface area (Å²) < 4.78 is 4.95. The van der Waals surface area contributed by atoms with Gasteiger partial charge in [0.1, 0.15) is 4.88 Å². The Morgan fingerprint density at radius 2 is 1.88 bits per heavy atom. The molecular weight excluding hydrogens is 340 g/mol. The van der Waals surface area contributed by atoms with Crippen LogP contribution < -0.4 is 10.6 Å². The zero-order valence-electron chi connectivity index (χ0n) is 14.1. The van der Waals surface area contributed by atoms with Crippen LogP contribution in [0.3, 0.4) is 0 Å². The standard InChI is InChI=1S/C18H20N2O4S/c1-3-14-12(2)9-15(25-14)17(22)24-11-16(21)20-18(23)19-10-13-7-5-4-6-8-13/h4-9H,3,10-11H2,1-2H3,(H2,19,20,21,23). The molecule has 1 aromatic heterocycles. The van der Waals surface area contributed by atoms with Crippen LogP contribution in [0.2, 0.25) is 0 Å².